The minimum Gasteiger partial charge on any atom is -0.497 e. The van der Waals surface area contributed by atoms with E-state index in [9.17, 15) is 13.2 Å². The van der Waals surface area contributed by atoms with Crippen LogP contribution in [-0.4, -0.2) is 51.9 Å². The molecule has 0 unspecified atom stereocenters. The zero-order valence-corrected chi connectivity index (χ0v) is 16.7. The molecule has 150 valence electrons. The van der Waals surface area contributed by atoms with Gasteiger partial charge in [0, 0.05) is 24.8 Å². The molecule has 0 bridgehead atoms. The molecule has 3 rings (SSSR count). The molecule has 2 amide bonds. The minimum absolute atomic E-state index is 0.242. The molecule has 1 aliphatic rings. The van der Waals surface area contributed by atoms with Crippen LogP contribution in [0.2, 0.25) is 0 Å². The SMILES string of the molecule is COc1ccc(S(=O)(=O)C2CCN(C(=O)Nc3cccc(OC)c3)CC2)cc1. The summed E-state index contributed by atoms with van der Waals surface area (Å²) in [5, 5.41) is 2.33. The van der Waals surface area contributed by atoms with Crippen LogP contribution >= 0.6 is 0 Å². The van der Waals surface area contributed by atoms with E-state index in [1.54, 1.807) is 60.5 Å². The number of rotatable bonds is 5. The number of amides is 2. The van der Waals surface area contributed by atoms with Gasteiger partial charge in [0.25, 0.3) is 0 Å². The lowest BCUT2D eigenvalue weighted by atomic mass is 10.1. The fourth-order valence-electron chi connectivity index (χ4n) is 3.23. The number of nitrogens with zero attached hydrogens (tertiary/aromatic N) is 1. The molecular weight excluding hydrogens is 380 g/mol. The number of carbonyl (C=O) groups is 1. The van der Waals surface area contributed by atoms with E-state index >= 15 is 0 Å². The zero-order valence-electron chi connectivity index (χ0n) is 15.9. The van der Waals surface area contributed by atoms with Gasteiger partial charge in [-0.15, -0.1) is 0 Å². The van der Waals surface area contributed by atoms with Crippen molar-refractivity contribution in [3.8, 4) is 11.5 Å². The first-order chi connectivity index (χ1) is 13.4. The van der Waals surface area contributed by atoms with Gasteiger partial charge in [0.15, 0.2) is 9.84 Å². The fourth-order valence-corrected chi connectivity index (χ4v) is 4.96. The average molecular weight is 404 g/mol. The molecule has 0 atom stereocenters. The van der Waals surface area contributed by atoms with Gasteiger partial charge in [-0.05, 0) is 49.2 Å². The first kappa shape index (κ1) is 20.0. The molecule has 8 heteroatoms. The number of nitrogens with one attached hydrogen (secondary N) is 1. The number of methoxy groups -OCH3 is 2. The topological polar surface area (TPSA) is 84.9 Å². The summed E-state index contributed by atoms with van der Waals surface area (Å²) in [4.78, 5) is 14.4. The maximum atomic E-state index is 12.9. The average Bonchev–Trinajstić information content (AvgIpc) is 2.74. The summed E-state index contributed by atoms with van der Waals surface area (Å²) in [6, 6.07) is 13.3. The Morgan fingerprint density at radius 2 is 1.64 bits per heavy atom. The van der Waals surface area contributed by atoms with Gasteiger partial charge in [0.2, 0.25) is 0 Å². The van der Waals surface area contributed by atoms with Crippen molar-refractivity contribution < 1.29 is 22.7 Å². The number of piperidine rings is 1. The Hall–Kier alpha value is -2.74. The van der Waals surface area contributed by atoms with E-state index in [0.717, 1.165) is 0 Å². The molecule has 2 aromatic carbocycles. The Bertz CT molecular complexity index is 920. The van der Waals surface area contributed by atoms with Crippen molar-refractivity contribution in [1.82, 2.24) is 4.90 Å². The number of sulfone groups is 1. The van der Waals surface area contributed by atoms with Crippen LogP contribution in [0.3, 0.4) is 0 Å². The Morgan fingerprint density at radius 3 is 2.25 bits per heavy atom. The Morgan fingerprint density at radius 1 is 1.00 bits per heavy atom. The first-order valence-electron chi connectivity index (χ1n) is 9.02. The van der Waals surface area contributed by atoms with Crippen molar-refractivity contribution in [2.24, 2.45) is 0 Å². The molecule has 1 N–H and O–H groups in total. The summed E-state index contributed by atoms with van der Waals surface area (Å²) >= 11 is 0. The zero-order chi connectivity index (χ0) is 20.1. The largest absolute Gasteiger partial charge is 0.497 e. The lowest BCUT2D eigenvalue weighted by Crippen LogP contribution is -2.44. The van der Waals surface area contributed by atoms with E-state index in [0.29, 0.717) is 43.1 Å². The molecule has 0 aliphatic carbocycles. The van der Waals surface area contributed by atoms with E-state index in [1.165, 1.54) is 7.11 Å². The highest BCUT2D eigenvalue weighted by atomic mass is 32.2. The van der Waals surface area contributed by atoms with Crippen LogP contribution in [-0.2, 0) is 9.84 Å². The number of urea groups is 1. The molecular formula is C20H24N2O5S. The number of likely N-dealkylation sites (tertiary alicyclic amines) is 1. The van der Waals surface area contributed by atoms with Gasteiger partial charge in [0.05, 0.1) is 24.4 Å². The Labute approximate surface area is 165 Å². The number of carbonyl (C=O) groups excluding carboxylic acids is 1. The minimum atomic E-state index is -3.43. The number of ether oxygens (including phenoxy) is 2. The van der Waals surface area contributed by atoms with Gasteiger partial charge in [0.1, 0.15) is 11.5 Å². The number of hydrogen-bond donors (Lipinski definition) is 1. The summed E-state index contributed by atoms with van der Waals surface area (Å²) in [6.45, 7) is 0.770. The standard InChI is InChI=1S/C20H24N2O5S/c1-26-16-6-8-18(9-7-16)28(24,25)19-10-12-22(13-11-19)20(23)21-15-4-3-5-17(14-15)27-2/h3-9,14,19H,10-13H2,1-2H3,(H,21,23). The van der Waals surface area contributed by atoms with Crippen molar-refractivity contribution in [3.05, 3.63) is 48.5 Å². The molecule has 1 heterocycles. The van der Waals surface area contributed by atoms with Crippen molar-refractivity contribution in [3.63, 3.8) is 0 Å². The normalized spacial score (nSPS) is 15.1. The predicted octanol–water partition coefficient (Wildman–Crippen LogP) is 3.17. The van der Waals surface area contributed by atoms with Crippen LogP contribution in [0, 0.1) is 0 Å². The Kier molecular flexibility index (Phi) is 6.08. The number of hydrogen-bond acceptors (Lipinski definition) is 5. The fraction of sp³-hybridized carbons (Fsp3) is 0.350. The highest BCUT2D eigenvalue weighted by Gasteiger charge is 2.32. The summed E-state index contributed by atoms with van der Waals surface area (Å²) in [5.41, 5.74) is 0.636. The smallest absolute Gasteiger partial charge is 0.321 e. The van der Waals surface area contributed by atoms with Crippen molar-refractivity contribution in [2.75, 3.05) is 32.6 Å². The molecule has 2 aromatic rings. The molecule has 0 radical (unpaired) electrons. The van der Waals surface area contributed by atoms with Crippen LogP contribution in [0.4, 0.5) is 10.5 Å². The van der Waals surface area contributed by atoms with Crippen LogP contribution in [0.5, 0.6) is 11.5 Å². The molecule has 0 aromatic heterocycles. The van der Waals surface area contributed by atoms with Crippen LogP contribution < -0.4 is 14.8 Å². The molecule has 0 saturated carbocycles. The van der Waals surface area contributed by atoms with E-state index in [1.807, 2.05) is 0 Å². The van der Waals surface area contributed by atoms with Gasteiger partial charge in [-0.1, -0.05) is 6.07 Å². The molecule has 1 saturated heterocycles. The highest BCUT2D eigenvalue weighted by Crippen LogP contribution is 2.26. The van der Waals surface area contributed by atoms with E-state index in [-0.39, 0.29) is 10.9 Å². The highest BCUT2D eigenvalue weighted by molar-refractivity contribution is 7.92. The quantitative estimate of drug-likeness (QED) is 0.827. The summed E-state index contributed by atoms with van der Waals surface area (Å²) in [6.07, 6.45) is 0.805. The maximum absolute atomic E-state index is 12.9. The second kappa shape index (κ2) is 8.52. The third-order valence-corrected chi connectivity index (χ3v) is 7.16. The monoisotopic (exact) mass is 404 g/mol. The summed E-state index contributed by atoms with van der Waals surface area (Å²) in [7, 11) is -0.333. The van der Waals surface area contributed by atoms with Gasteiger partial charge < -0.3 is 19.7 Å². The van der Waals surface area contributed by atoms with Crippen molar-refractivity contribution >= 4 is 21.6 Å². The lowest BCUT2D eigenvalue weighted by Gasteiger charge is -2.31. The molecule has 1 fully saturated rings. The van der Waals surface area contributed by atoms with Gasteiger partial charge in [-0.2, -0.15) is 0 Å². The van der Waals surface area contributed by atoms with Crippen LogP contribution in [0.15, 0.2) is 53.4 Å². The first-order valence-corrected chi connectivity index (χ1v) is 10.6. The van der Waals surface area contributed by atoms with Gasteiger partial charge >= 0.3 is 6.03 Å². The second-order valence-corrected chi connectivity index (χ2v) is 8.80. The lowest BCUT2D eigenvalue weighted by molar-refractivity contribution is 0.200. The van der Waals surface area contributed by atoms with Gasteiger partial charge in [-0.3, -0.25) is 0 Å². The molecule has 7 nitrogen and oxygen atoms in total. The maximum Gasteiger partial charge on any atom is 0.321 e. The van der Waals surface area contributed by atoms with E-state index in [2.05, 4.69) is 5.32 Å². The third kappa shape index (κ3) is 4.39. The van der Waals surface area contributed by atoms with Crippen LogP contribution in [0.1, 0.15) is 12.8 Å². The molecule has 28 heavy (non-hydrogen) atoms. The van der Waals surface area contributed by atoms with Crippen molar-refractivity contribution in [1.29, 1.82) is 0 Å². The van der Waals surface area contributed by atoms with Crippen LogP contribution in [0.25, 0.3) is 0 Å². The number of benzene rings is 2. The van der Waals surface area contributed by atoms with E-state index in [4.69, 9.17) is 9.47 Å². The predicted molar refractivity (Wildman–Crippen MR) is 107 cm³/mol. The van der Waals surface area contributed by atoms with E-state index < -0.39 is 15.1 Å². The molecule has 1 aliphatic heterocycles. The van der Waals surface area contributed by atoms with Gasteiger partial charge in [-0.25, -0.2) is 13.2 Å². The Balaban J connectivity index is 1.60. The number of anilines is 1. The summed E-state index contributed by atoms with van der Waals surface area (Å²) < 4.78 is 35.9. The van der Waals surface area contributed by atoms with Crippen molar-refractivity contribution in [2.45, 2.75) is 23.0 Å². The third-order valence-electron chi connectivity index (χ3n) is 4.88. The summed E-state index contributed by atoms with van der Waals surface area (Å²) in [5.74, 6) is 1.27. The molecule has 0 spiro atoms. The second-order valence-electron chi connectivity index (χ2n) is 6.57.